The van der Waals surface area contributed by atoms with E-state index in [1.54, 1.807) is 60.7 Å². The third-order valence-corrected chi connectivity index (χ3v) is 11.8. The first-order chi connectivity index (χ1) is 31.2. The van der Waals surface area contributed by atoms with Gasteiger partial charge >= 0.3 is 0 Å². The molecule has 0 bridgehead atoms. The fourth-order valence-corrected chi connectivity index (χ4v) is 8.61. The minimum Gasteiger partial charge on any atom is -0.310 e. The number of hydrogen-bond acceptors (Lipinski definition) is 6. The smallest absolute Gasteiger partial charge is 0.197 e. The number of nitrogens with zero attached hydrogens (tertiary/aromatic N) is 2. The Balaban J connectivity index is 0.920. The number of aryl methyl sites for hydroxylation is 2. The second-order valence-corrected chi connectivity index (χ2v) is 16.1. The zero-order valence-corrected chi connectivity index (χ0v) is 35.2. The Labute approximate surface area is 371 Å². The van der Waals surface area contributed by atoms with Gasteiger partial charge < -0.3 is 9.80 Å². The fraction of sp³-hybridized carbons (Fsp3) is 0.0345. The molecular weight excluding hydrogens is 789 g/mol. The van der Waals surface area contributed by atoms with E-state index in [0.29, 0.717) is 22.3 Å². The maximum absolute atomic E-state index is 13.1. The van der Waals surface area contributed by atoms with Crippen molar-refractivity contribution < 1.29 is 19.2 Å². The highest BCUT2D eigenvalue weighted by Gasteiger charge is 2.33. The first-order valence-electron chi connectivity index (χ1n) is 21.1. The summed E-state index contributed by atoms with van der Waals surface area (Å²) in [6, 6.07) is 63.5. The van der Waals surface area contributed by atoms with Crippen LogP contribution in [0.3, 0.4) is 0 Å². The van der Waals surface area contributed by atoms with E-state index in [-0.39, 0.29) is 34.3 Å². The van der Waals surface area contributed by atoms with Gasteiger partial charge in [-0.1, -0.05) is 121 Å². The van der Waals surface area contributed by atoms with Crippen LogP contribution in [0, 0.1) is 13.8 Å². The standard InChI is InChI=1S/C58H40N2O4/c1-37-9-7-11-47(33-37)59(43-25-17-39(18-26-43)35-53-55(61)49-13-3-4-14-50(49)56(53)62)45-29-21-41(22-30-45)42-23-31-46(32-24-42)60(48-12-8-10-38(2)34-48)44-27-19-40(20-28-44)36-54-57(63)51-15-5-6-16-52(51)58(54)64/h3-36H,1-2H3. The van der Waals surface area contributed by atoms with Crippen molar-refractivity contribution in [1.29, 1.82) is 0 Å². The molecule has 0 spiro atoms. The van der Waals surface area contributed by atoms with Crippen LogP contribution in [0.4, 0.5) is 34.1 Å². The number of benzene rings is 8. The molecule has 0 aliphatic heterocycles. The van der Waals surface area contributed by atoms with Crippen molar-refractivity contribution in [3.05, 3.63) is 250 Å². The Morgan fingerprint density at radius 3 is 0.906 bits per heavy atom. The number of Topliss-reactive ketones (excluding diaryl/α,β-unsaturated/α-hetero) is 4. The lowest BCUT2D eigenvalue weighted by Crippen LogP contribution is -2.10. The molecule has 6 nitrogen and oxygen atoms in total. The molecule has 8 aromatic carbocycles. The minimum atomic E-state index is -0.241. The second-order valence-electron chi connectivity index (χ2n) is 16.1. The highest BCUT2D eigenvalue weighted by molar-refractivity contribution is 6.42. The number of ketones is 4. The lowest BCUT2D eigenvalue weighted by Gasteiger charge is -2.26. The summed E-state index contributed by atoms with van der Waals surface area (Å²) in [5, 5.41) is 0. The Morgan fingerprint density at radius 1 is 0.312 bits per heavy atom. The van der Waals surface area contributed by atoms with E-state index in [2.05, 4.69) is 109 Å². The van der Waals surface area contributed by atoms with Crippen LogP contribution in [0.15, 0.2) is 205 Å². The molecule has 2 aliphatic carbocycles. The highest BCUT2D eigenvalue weighted by atomic mass is 16.2. The summed E-state index contributed by atoms with van der Waals surface area (Å²) < 4.78 is 0. The largest absolute Gasteiger partial charge is 0.310 e. The molecule has 0 atom stereocenters. The fourth-order valence-electron chi connectivity index (χ4n) is 8.61. The van der Waals surface area contributed by atoms with Gasteiger partial charge in [-0.3, -0.25) is 19.2 Å². The summed E-state index contributed by atoms with van der Waals surface area (Å²) in [5.74, 6) is -0.962. The normalized spacial score (nSPS) is 12.9. The van der Waals surface area contributed by atoms with E-state index in [9.17, 15) is 19.2 Å². The summed E-state index contributed by atoms with van der Waals surface area (Å²) >= 11 is 0. The molecule has 64 heavy (non-hydrogen) atoms. The number of rotatable bonds is 9. The van der Waals surface area contributed by atoms with E-state index >= 15 is 0 Å². The van der Waals surface area contributed by atoms with E-state index in [1.807, 2.05) is 60.7 Å². The quantitative estimate of drug-likeness (QED) is 0.107. The third-order valence-electron chi connectivity index (χ3n) is 11.8. The van der Waals surface area contributed by atoms with Crippen molar-refractivity contribution >= 4 is 69.4 Å². The number of carbonyl (C=O) groups excluding carboxylic acids is 4. The van der Waals surface area contributed by atoms with Crippen LogP contribution in [-0.2, 0) is 0 Å². The van der Waals surface area contributed by atoms with Gasteiger partial charge in [-0.2, -0.15) is 0 Å². The third kappa shape index (κ3) is 7.37. The summed E-state index contributed by atoms with van der Waals surface area (Å²) in [6.45, 7) is 4.15. The van der Waals surface area contributed by atoms with Crippen LogP contribution in [0.1, 0.15) is 63.7 Å². The van der Waals surface area contributed by atoms with Gasteiger partial charge in [0.1, 0.15) is 0 Å². The predicted molar refractivity (Wildman–Crippen MR) is 257 cm³/mol. The SMILES string of the molecule is Cc1cccc(N(c2ccc(C=C3C(=O)c4ccccc4C3=O)cc2)c2ccc(-c3ccc(N(c4ccc(C=C5C(=O)c6ccccc6C5=O)cc4)c4cccc(C)c4)cc3)cc2)c1. The Hall–Kier alpha value is -8.48. The lowest BCUT2D eigenvalue weighted by molar-refractivity contribution is 0.0975. The van der Waals surface area contributed by atoms with Gasteiger partial charge in [0.2, 0.25) is 0 Å². The average Bonchev–Trinajstić information content (AvgIpc) is 3.71. The molecule has 2 aliphatic rings. The molecule has 8 aromatic rings. The van der Waals surface area contributed by atoms with Gasteiger partial charge in [0.05, 0.1) is 11.1 Å². The van der Waals surface area contributed by atoms with E-state index < -0.39 is 0 Å². The van der Waals surface area contributed by atoms with Crippen molar-refractivity contribution in [3.63, 3.8) is 0 Å². The van der Waals surface area contributed by atoms with Gasteiger partial charge in [0.15, 0.2) is 23.1 Å². The van der Waals surface area contributed by atoms with Crippen molar-refractivity contribution in [1.82, 2.24) is 0 Å². The zero-order valence-electron chi connectivity index (χ0n) is 35.2. The van der Waals surface area contributed by atoms with Gasteiger partial charge in [-0.05, 0) is 132 Å². The number of anilines is 6. The zero-order chi connectivity index (χ0) is 43.9. The highest BCUT2D eigenvalue weighted by Crippen LogP contribution is 2.39. The molecule has 10 rings (SSSR count). The predicted octanol–water partition coefficient (Wildman–Crippen LogP) is 13.8. The number of allylic oxidation sites excluding steroid dienone is 2. The van der Waals surface area contributed by atoms with Crippen molar-refractivity contribution in [3.8, 4) is 11.1 Å². The number of hydrogen-bond donors (Lipinski definition) is 0. The summed E-state index contributed by atoms with van der Waals surface area (Å²) in [5.41, 5.74) is 13.9. The summed E-state index contributed by atoms with van der Waals surface area (Å²) in [4.78, 5) is 56.7. The van der Waals surface area contributed by atoms with Crippen LogP contribution < -0.4 is 9.80 Å². The molecular formula is C58H40N2O4. The molecule has 0 unspecified atom stereocenters. The van der Waals surface area contributed by atoms with Crippen LogP contribution in [0.25, 0.3) is 23.3 Å². The van der Waals surface area contributed by atoms with Gasteiger partial charge in [0, 0.05) is 56.4 Å². The number of fused-ring (bicyclic) bond motifs is 2. The first kappa shape index (κ1) is 39.6. The maximum Gasteiger partial charge on any atom is 0.197 e. The molecule has 0 radical (unpaired) electrons. The first-order valence-corrected chi connectivity index (χ1v) is 21.1. The monoisotopic (exact) mass is 828 g/mol. The van der Waals surface area contributed by atoms with E-state index in [1.165, 1.54) is 0 Å². The second kappa shape index (κ2) is 16.4. The molecule has 306 valence electrons. The van der Waals surface area contributed by atoms with Crippen LogP contribution in [-0.4, -0.2) is 23.1 Å². The van der Waals surface area contributed by atoms with Gasteiger partial charge in [-0.15, -0.1) is 0 Å². The lowest BCUT2D eigenvalue weighted by atomic mass is 10.0. The molecule has 0 aromatic heterocycles. The average molecular weight is 829 g/mol. The molecule has 0 N–H and O–H groups in total. The minimum absolute atomic E-state index is 0.184. The molecule has 0 amide bonds. The van der Waals surface area contributed by atoms with E-state index in [4.69, 9.17) is 0 Å². The van der Waals surface area contributed by atoms with Crippen LogP contribution >= 0.6 is 0 Å². The Bertz CT molecular complexity index is 2940. The Kier molecular flexibility index (Phi) is 10.2. The molecule has 6 heteroatoms. The number of carbonyl (C=O) groups is 4. The van der Waals surface area contributed by atoms with Gasteiger partial charge in [-0.25, -0.2) is 0 Å². The topological polar surface area (TPSA) is 74.8 Å². The molecule has 0 saturated heterocycles. The summed E-state index contributed by atoms with van der Waals surface area (Å²) in [7, 11) is 0. The van der Waals surface area contributed by atoms with Crippen molar-refractivity contribution in [2.24, 2.45) is 0 Å². The van der Waals surface area contributed by atoms with Crippen molar-refractivity contribution in [2.75, 3.05) is 9.80 Å². The molecule has 0 saturated carbocycles. The Morgan fingerprint density at radius 2 is 0.609 bits per heavy atom. The van der Waals surface area contributed by atoms with E-state index in [0.717, 1.165) is 67.5 Å². The maximum atomic E-state index is 13.1. The van der Waals surface area contributed by atoms with Crippen LogP contribution in [0.2, 0.25) is 0 Å². The van der Waals surface area contributed by atoms with Crippen molar-refractivity contribution in [2.45, 2.75) is 13.8 Å². The van der Waals surface area contributed by atoms with Crippen LogP contribution in [0.5, 0.6) is 0 Å². The summed E-state index contributed by atoms with van der Waals surface area (Å²) in [6.07, 6.45) is 3.37. The van der Waals surface area contributed by atoms with Gasteiger partial charge in [0.25, 0.3) is 0 Å². The molecule has 0 heterocycles. The molecule has 0 fully saturated rings.